The molecule has 0 spiro atoms. The van der Waals surface area contributed by atoms with Gasteiger partial charge in [-0.25, -0.2) is 9.97 Å². The zero-order valence-electron chi connectivity index (χ0n) is 16.1. The number of thiophene rings is 1. The quantitative estimate of drug-likeness (QED) is 0.763. The van der Waals surface area contributed by atoms with Gasteiger partial charge in [0.15, 0.2) is 6.61 Å². The van der Waals surface area contributed by atoms with Crippen molar-refractivity contribution in [3.05, 3.63) is 16.8 Å². The Hall–Kier alpha value is -2.22. The van der Waals surface area contributed by atoms with E-state index in [9.17, 15) is 9.59 Å². The molecule has 1 amide bonds. The summed E-state index contributed by atoms with van der Waals surface area (Å²) in [5, 5.41) is 3.82. The van der Waals surface area contributed by atoms with Gasteiger partial charge in [-0.2, -0.15) is 0 Å². The van der Waals surface area contributed by atoms with Crippen molar-refractivity contribution in [2.75, 3.05) is 31.1 Å². The van der Waals surface area contributed by atoms with E-state index >= 15 is 0 Å². The van der Waals surface area contributed by atoms with Crippen LogP contribution in [0.4, 0.5) is 5.82 Å². The second-order valence-electron chi connectivity index (χ2n) is 6.88. The lowest BCUT2D eigenvalue weighted by molar-refractivity contribution is -0.153. The van der Waals surface area contributed by atoms with Gasteiger partial charge in [0.05, 0.1) is 11.3 Å². The smallest absolute Gasteiger partial charge is 0.309 e. The minimum absolute atomic E-state index is 0.164. The predicted molar refractivity (Wildman–Crippen MR) is 106 cm³/mol. The van der Waals surface area contributed by atoms with E-state index in [0.717, 1.165) is 35.5 Å². The zero-order valence-corrected chi connectivity index (χ0v) is 16.9. The number of nitrogens with zero attached hydrogens (tertiary/aromatic N) is 3. The molecule has 1 saturated heterocycles. The molecule has 2 aromatic rings. The lowest BCUT2D eigenvalue weighted by Crippen LogP contribution is -2.38. The fourth-order valence-corrected chi connectivity index (χ4v) is 4.29. The van der Waals surface area contributed by atoms with Gasteiger partial charge in [0.25, 0.3) is 5.91 Å². The molecule has 0 bridgehead atoms. The molecule has 2 aromatic heterocycles. The van der Waals surface area contributed by atoms with Crippen LogP contribution in [0.5, 0.6) is 0 Å². The summed E-state index contributed by atoms with van der Waals surface area (Å²) in [7, 11) is 0. The molecule has 1 aliphatic heterocycles. The van der Waals surface area contributed by atoms with E-state index in [-0.39, 0.29) is 24.4 Å². The number of rotatable bonds is 6. The molecule has 0 unspecified atom stereocenters. The summed E-state index contributed by atoms with van der Waals surface area (Å²) in [6.45, 7) is 8.07. The van der Waals surface area contributed by atoms with Crippen LogP contribution in [0.1, 0.15) is 36.6 Å². The van der Waals surface area contributed by atoms with E-state index in [1.54, 1.807) is 17.7 Å². The van der Waals surface area contributed by atoms with E-state index in [4.69, 9.17) is 4.74 Å². The predicted octanol–water partition coefficient (Wildman–Crippen LogP) is 2.59. The van der Waals surface area contributed by atoms with E-state index in [1.165, 1.54) is 10.4 Å². The highest BCUT2D eigenvalue weighted by Crippen LogP contribution is 2.35. The average molecular weight is 391 g/mol. The molecule has 0 saturated carbocycles. The number of nitrogens with one attached hydrogen (secondary N) is 1. The van der Waals surface area contributed by atoms with Crippen molar-refractivity contribution in [3.63, 3.8) is 0 Å². The van der Waals surface area contributed by atoms with Crippen LogP contribution in [0.25, 0.3) is 10.2 Å². The number of fused-ring (bicyclic) bond motifs is 1. The van der Waals surface area contributed by atoms with Crippen molar-refractivity contribution < 1.29 is 14.3 Å². The first-order valence-corrected chi connectivity index (χ1v) is 10.2. The number of hydrogen-bond acceptors (Lipinski definition) is 7. The summed E-state index contributed by atoms with van der Waals surface area (Å²) < 4.78 is 5.18. The van der Waals surface area contributed by atoms with Gasteiger partial charge in [-0.1, -0.05) is 6.92 Å². The van der Waals surface area contributed by atoms with E-state index in [1.807, 2.05) is 6.92 Å². The first kappa shape index (κ1) is 19.5. The topological polar surface area (TPSA) is 84.4 Å². The van der Waals surface area contributed by atoms with Gasteiger partial charge in [-0.05, 0) is 38.7 Å². The Morgan fingerprint density at radius 3 is 2.74 bits per heavy atom. The molecule has 0 aliphatic carbocycles. The van der Waals surface area contributed by atoms with Crippen LogP contribution in [0.15, 0.2) is 6.33 Å². The number of piperidine rings is 1. The van der Waals surface area contributed by atoms with Gasteiger partial charge in [0.1, 0.15) is 17.0 Å². The first-order chi connectivity index (χ1) is 13.0. The number of hydrogen-bond donors (Lipinski definition) is 1. The van der Waals surface area contributed by atoms with E-state index in [2.05, 4.69) is 34.0 Å². The van der Waals surface area contributed by atoms with Crippen molar-refractivity contribution in [2.45, 2.75) is 40.0 Å². The van der Waals surface area contributed by atoms with Crippen LogP contribution in [-0.4, -0.2) is 48.1 Å². The Labute approximate surface area is 163 Å². The molecule has 27 heavy (non-hydrogen) atoms. The fraction of sp³-hybridized carbons (Fsp3) is 0.579. The molecule has 0 aromatic carbocycles. The molecule has 1 N–H and O–H groups in total. The second-order valence-corrected chi connectivity index (χ2v) is 8.08. The highest BCUT2D eigenvalue weighted by atomic mass is 32.1. The van der Waals surface area contributed by atoms with E-state index < -0.39 is 0 Å². The lowest BCUT2D eigenvalue weighted by atomic mass is 9.97. The van der Waals surface area contributed by atoms with Gasteiger partial charge in [-0.3, -0.25) is 9.59 Å². The third-order valence-electron chi connectivity index (χ3n) is 4.99. The lowest BCUT2D eigenvalue weighted by Gasteiger charge is -2.32. The summed E-state index contributed by atoms with van der Waals surface area (Å²) in [5.41, 5.74) is 1.23. The third-order valence-corrected chi connectivity index (χ3v) is 6.11. The van der Waals surface area contributed by atoms with Gasteiger partial charge < -0.3 is 15.0 Å². The minimum atomic E-state index is -0.281. The summed E-state index contributed by atoms with van der Waals surface area (Å²) in [6.07, 6.45) is 3.87. The van der Waals surface area contributed by atoms with Crippen molar-refractivity contribution in [3.8, 4) is 0 Å². The van der Waals surface area contributed by atoms with Gasteiger partial charge in [0.2, 0.25) is 0 Å². The third kappa shape index (κ3) is 4.37. The number of esters is 1. The largest absolute Gasteiger partial charge is 0.455 e. The molecule has 146 valence electrons. The highest BCUT2D eigenvalue weighted by molar-refractivity contribution is 7.18. The van der Waals surface area contributed by atoms with Crippen molar-refractivity contribution in [2.24, 2.45) is 5.92 Å². The van der Waals surface area contributed by atoms with Crippen LogP contribution >= 0.6 is 11.3 Å². The van der Waals surface area contributed by atoms with Crippen LogP contribution in [0, 0.1) is 19.8 Å². The Kier molecular flexibility index (Phi) is 6.26. The molecular weight excluding hydrogens is 364 g/mol. The molecule has 1 fully saturated rings. The first-order valence-electron chi connectivity index (χ1n) is 9.40. The zero-order chi connectivity index (χ0) is 19.4. The molecular formula is C19H26N4O3S. The number of carbonyl (C=O) groups is 2. The molecule has 0 atom stereocenters. The molecule has 3 rings (SSSR count). The number of aryl methyl sites for hydroxylation is 2. The van der Waals surface area contributed by atoms with Crippen LogP contribution in [0.3, 0.4) is 0 Å². The number of carbonyl (C=O) groups excluding carboxylic acids is 2. The van der Waals surface area contributed by atoms with Crippen LogP contribution in [-0.2, 0) is 14.3 Å². The van der Waals surface area contributed by atoms with Crippen molar-refractivity contribution >= 4 is 39.2 Å². The van der Waals surface area contributed by atoms with Crippen LogP contribution in [0.2, 0.25) is 0 Å². The maximum absolute atomic E-state index is 12.2. The van der Waals surface area contributed by atoms with Crippen molar-refractivity contribution in [1.29, 1.82) is 0 Å². The summed E-state index contributed by atoms with van der Waals surface area (Å²) in [5.74, 6) is 0.265. The number of anilines is 1. The summed E-state index contributed by atoms with van der Waals surface area (Å²) >= 11 is 1.69. The highest BCUT2D eigenvalue weighted by Gasteiger charge is 2.28. The average Bonchev–Trinajstić information content (AvgIpc) is 2.98. The second kappa shape index (κ2) is 8.65. The van der Waals surface area contributed by atoms with Crippen molar-refractivity contribution in [1.82, 2.24) is 15.3 Å². The van der Waals surface area contributed by atoms with Gasteiger partial charge >= 0.3 is 5.97 Å². The molecule has 8 heteroatoms. The monoisotopic (exact) mass is 390 g/mol. The Bertz CT molecular complexity index is 828. The van der Waals surface area contributed by atoms with Gasteiger partial charge in [-0.15, -0.1) is 11.3 Å². The van der Waals surface area contributed by atoms with Crippen LogP contribution < -0.4 is 10.2 Å². The fourth-order valence-electron chi connectivity index (χ4n) is 3.30. The number of aromatic nitrogens is 2. The standard InChI is InChI=1S/C19H26N4O3S/c1-4-7-20-15(24)10-26-19(25)14-5-8-23(9-6-14)17-16-12(2)13(3)27-18(16)22-11-21-17/h11,14H,4-10H2,1-3H3,(H,20,24). The SMILES string of the molecule is CCCNC(=O)COC(=O)C1CCN(c2ncnc3sc(C)c(C)c23)CC1. The minimum Gasteiger partial charge on any atom is -0.455 e. The molecule has 0 radical (unpaired) electrons. The molecule has 7 nitrogen and oxygen atoms in total. The van der Waals surface area contributed by atoms with Gasteiger partial charge in [0, 0.05) is 24.5 Å². The summed E-state index contributed by atoms with van der Waals surface area (Å²) in [4.78, 5) is 37.2. The summed E-state index contributed by atoms with van der Waals surface area (Å²) in [6, 6.07) is 0. The Morgan fingerprint density at radius 1 is 1.30 bits per heavy atom. The number of amides is 1. The Balaban J connectivity index is 1.58. The molecule has 1 aliphatic rings. The number of ether oxygens (including phenoxy) is 1. The van der Waals surface area contributed by atoms with E-state index in [0.29, 0.717) is 19.4 Å². The maximum Gasteiger partial charge on any atom is 0.309 e. The Morgan fingerprint density at radius 2 is 2.04 bits per heavy atom. The normalized spacial score (nSPS) is 15.1. The molecule has 3 heterocycles. The maximum atomic E-state index is 12.2.